The van der Waals surface area contributed by atoms with Crippen molar-refractivity contribution in [3.8, 4) is 5.69 Å². The van der Waals surface area contributed by atoms with Gasteiger partial charge in [0, 0.05) is 5.69 Å². The van der Waals surface area contributed by atoms with Gasteiger partial charge >= 0.3 is 0 Å². The second-order valence-corrected chi connectivity index (χ2v) is 9.69. The van der Waals surface area contributed by atoms with Gasteiger partial charge in [0.25, 0.3) is 5.91 Å². The zero-order valence-corrected chi connectivity index (χ0v) is 19.5. The minimum absolute atomic E-state index is 0.0394. The van der Waals surface area contributed by atoms with E-state index >= 15 is 0 Å². The summed E-state index contributed by atoms with van der Waals surface area (Å²) in [6.45, 7) is 1.88. The largest absolute Gasteiger partial charge is 0.384 e. The Morgan fingerprint density at radius 1 is 0.914 bits per heavy atom. The molecule has 5 rings (SSSR count). The van der Waals surface area contributed by atoms with Crippen LogP contribution in [0.1, 0.15) is 28.9 Å². The van der Waals surface area contributed by atoms with Crippen LogP contribution in [-0.2, 0) is 10.0 Å². The fraction of sp³-hybridized carbons (Fsp3) is 0.0800. The van der Waals surface area contributed by atoms with Gasteiger partial charge < -0.3 is 11.1 Å². The first-order valence-corrected chi connectivity index (χ1v) is 12.3. The van der Waals surface area contributed by atoms with Crippen LogP contribution in [0.3, 0.4) is 0 Å². The van der Waals surface area contributed by atoms with E-state index in [0.29, 0.717) is 27.9 Å². The summed E-state index contributed by atoms with van der Waals surface area (Å²) in [4.78, 5) is 22.8. The number of benzene rings is 3. The average Bonchev–Trinajstić information content (AvgIpc) is 3.13. The number of nitrogens with one attached hydrogen (secondary N) is 1. The maximum absolute atomic E-state index is 13.5. The minimum Gasteiger partial charge on any atom is -0.384 e. The Kier molecular flexibility index (Phi) is 5.46. The molecule has 0 saturated heterocycles. The molecule has 0 spiro atoms. The Morgan fingerprint density at radius 2 is 1.51 bits per heavy atom. The van der Waals surface area contributed by atoms with E-state index in [4.69, 9.17) is 20.8 Å². The van der Waals surface area contributed by atoms with Gasteiger partial charge in [0.05, 0.1) is 22.0 Å². The normalized spacial score (nSPS) is 12.6. The van der Waals surface area contributed by atoms with E-state index in [1.54, 1.807) is 16.7 Å². The number of nitrogens with two attached hydrogens (primary N) is 2. The summed E-state index contributed by atoms with van der Waals surface area (Å²) in [7, 11) is -3.86. The first-order chi connectivity index (χ1) is 16.7. The molecule has 0 aliphatic rings. The van der Waals surface area contributed by atoms with Gasteiger partial charge in [0.15, 0.2) is 5.65 Å². The number of amides is 1. The van der Waals surface area contributed by atoms with Gasteiger partial charge in [-0.25, -0.2) is 23.5 Å². The number of primary sulfonamides is 1. The molecular formula is C25H22N6O3S. The topological polar surface area (TPSA) is 146 Å². The number of aromatic nitrogens is 3. The predicted molar refractivity (Wildman–Crippen MR) is 134 cm³/mol. The summed E-state index contributed by atoms with van der Waals surface area (Å²) in [6, 6.07) is 22.5. The zero-order chi connectivity index (χ0) is 24.7. The third-order valence-electron chi connectivity index (χ3n) is 5.80. The molecular weight excluding hydrogens is 464 g/mol. The number of nitrogens with zero attached hydrogens (tertiary/aromatic N) is 3. The van der Waals surface area contributed by atoms with Crippen molar-refractivity contribution in [1.29, 1.82) is 0 Å². The quantitative estimate of drug-likeness (QED) is 0.347. The first-order valence-electron chi connectivity index (χ1n) is 10.8. The summed E-state index contributed by atoms with van der Waals surface area (Å²) in [5, 5.41) is 8.22. The number of sulfonamides is 1. The molecule has 35 heavy (non-hydrogen) atoms. The highest BCUT2D eigenvalue weighted by Crippen LogP contribution is 2.31. The number of carbonyl (C=O) groups excluding carboxylic acids is 1. The number of anilines is 1. The number of fused-ring (bicyclic) bond motifs is 2. The molecule has 5 N–H and O–H groups in total. The lowest BCUT2D eigenvalue weighted by Gasteiger charge is -2.14. The van der Waals surface area contributed by atoms with Crippen molar-refractivity contribution < 1.29 is 13.2 Å². The van der Waals surface area contributed by atoms with Gasteiger partial charge in [-0.2, -0.15) is 0 Å². The van der Waals surface area contributed by atoms with Gasteiger partial charge in [-0.1, -0.05) is 42.5 Å². The van der Waals surface area contributed by atoms with Crippen LogP contribution in [0.4, 0.5) is 5.82 Å². The molecule has 0 unspecified atom stereocenters. The Balaban J connectivity index is 1.68. The fourth-order valence-corrected chi connectivity index (χ4v) is 4.54. The fourth-order valence-electron chi connectivity index (χ4n) is 4.03. The van der Waals surface area contributed by atoms with Crippen LogP contribution in [-0.4, -0.2) is 28.9 Å². The molecule has 0 fully saturated rings. The molecule has 0 aliphatic carbocycles. The Morgan fingerprint density at radius 3 is 2.14 bits per heavy atom. The standard InChI is InChI=1S/C25H22N6O3S/c1-15(16-7-3-2-4-8-16)28-25(32)21-22-24(30-20-10-6-5-9-19(20)29-22)31(23(21)26)17-11-13-18(14-12-17)35(27,33)34/h2-15H,26H2,1H3,(H,28,32)(H2,27,33,34)/t15-/m1/s1. The Hall–Kier alpha value is -4.28. The van der Waals surface area contributed by atoms with Gasteiger partial charge in [-0.15, -0.1) is 0 Å². The van der Waals surface area contributed by atoms with Crippen LogP contribution in [0.5, 0.6) is 0 Å². The van der Waals surface area contributed by atoms with Crippen LogP contribution in [0.2, 0.25) is 0 Å². The maximum atomic E-state index is 13.5. The number of hydrogen-bond acceptors (Lipinski definition) is 6. The Labute approximate surface area is 201 Å². The second kappa shape index (κ2) is 8.49. The smallest absolute Gasteiger partial charge is 0.257 e. The molecule has 2 aromatic heterocycles. The maximum Gasteiger partial charge on any atom is 0.257 e. The number of para-hydroxylation sites is 2. The van der Waals surface area contributed by atoms with Crippen molar-refractivity contribution >= 4 is 43.9 Å². The zero-order valence-electron chi connectivity index (χ0n) is 18.7. The minimum atomic E-state index is -3.86. The highest BCUT2D eigenvalue weighted by atomic mass is 32.2. The highest BCUT2D eigenvalue weighted by Gasteiger charge is 2.26. The van der Waals surface area contributed by atoms with Gasteiger partial charge in [0.2, 0.25) is 10.0 Å². The van der Waals surface area contributed by atoms with E-state index in [0.717, 1.165) is 5.56 Å². The average molecular weight is 487 g/mol. The van der Waals surface area contributed by atoms with Crippen LogP contribution >= 0.6 is 0 Å². The second-order valence-electron chi connectivity index (χ2n) is 8.12. The molecule has 1 amide bonds. The lowest BCUT2D eigenvalue weighted by atomic mass is 10.1. The lowest BCUT2D eigenvalue weighted by Crippen LogP contribution is -2.27. The van der Waals surface area contributed by atoms with Crippen molar-refractivity contribution in [2.75, 3.05) is 5.73 Å². The van der Waals surface area contributed by atoms with Gasteiger partial charge in [-0.05, 0) is 48.9 Å². The highest BCUT2D eigenvalue weighted by molar-refractivity contribution is 7.89. The molecule has 176 valence electrons. The number of rotatable bonds is 5. The van der Waals surface area contributed by atoms with Crippen molar-refractivity contribution in [2.45, 2.75) is 17.9 Å². The molecule has 1 atom stereocenters. The third-order valence-corrected chi connectivity index (χ3v) is 6.72. The molecule has 0 bridgehead atoms. The van der Waals surface area contributed by atoms with Gasteiger partial charge in [-0.3, -0.25) is 9.36 Å². The van der Waals surface area contributed by atoms with Crippen molar-refractivity contribution in [2.24, 2.45) is 5.14 Å². The number of nitrogen functional groups attached to an aromatic ring is 1. The molecule has 5 aromatic rings. The van der Waals surface area contributed by atoms with E-state index in [1.807, 2.05) is 61.5 Å². The van der Waals surface area contributed by atoms with Crippen molar-refractivity contribution in [1.82, 2.24) is 19.9 Å². The molecule has 0 aliphatic heterocycles. The summed E-state index contributed by atoms with van der Waals surface area (Å²) in [5.74, 6) is -0.259. The van der Waals surface area contributed by atoms with Gasteiger partial charge in [0.1, 0.15) is 16.9 Å². The monoisotopic (exact) mass is 486 g/mol. The van der Waals surface area contributed by atoms with Crippen LogP contribution < -0.4 is 16.2 Å². The molecule has 3 aromatic carbocycles. The van der Waals surface area contributed by atoms with Crippen molar-refractivity contribution in [3.05, 3.63) is 90.0 Å². The van der Waals surface area contributed by atoms with E-state index in [9.17, 15) is 13.2 Å². The van der Waals surface area contributed by atoms with Crippen molar-refractivity contribution in [3.63, 3.8) is 0 Å². The summed E-state index contributed by atoms with van der Waals surface area (Å²) >= 11 is 0. The predicted octanol–water partition coefficient (Wildman–Crippen LogP) is 3.29. The molecule has 0 radical (unpaired) electrons. The molecule has 9 nitrogen and oxygen atoms in total. The number of hydrogen-bond donors (Lipinski definition) is 3. The summed E-state index contributed by atoms with van der Waals surface area (Å²) < 4.78 is 25.0. The molecule has 2 heterocycles. The summed E-state index contributed by atoms with van der Waals surface area (Å²) in [6.07, 6.45) is 0. The third kappa shape index (κ3) is 4.09. The van der Waals surface area contributed by atoms with E-state index in [2.05, 4.69) is 5.32 Å². The van der Waals surface area contributed by atoms with E-state index in [-0.39, 0.29) is 22.3 Å². The van der Waals surface area contributed by atoms with E-state index in [1.165, 1.54) is 12.1 Å². The number of carbonyl (C=O) groups is 1. The van der Waals surface area contributed by atoms with Crippen LogP contribution in [0.25, 0.3) is 27.9 Å². The first kappa shape index (κ1) is 22.5. The molecule has 10 heteroatoms. The van der Waals surface area contributed by atoms with E-state index < -0.39 is 15.9 Å². The lowest BCUT2D eigenvalue weighted by molar-refractivity contribution is 0.0942. The Bertz CT molecular complexity index is 1680. The molecule has 0 saturated carbocycles. The SMILES string of the molecule is C[C@@H](NC(=O)c1c(N)n(-c2ccc(S(N)(=O)=O)cc2)c2nc3ccccc3nc12)c1ccccc1. The van der Waals surface area contributed by atoms with Crippen LogP contribution in [0.15, 0.2) is 83.8 Å². The summed E-state index contributed by atoms with van der Waals surface area (Å²) in [5.41, 5.74) is 10.1. The van der Waals surface area contributed by atoms with Crippen LogP contribution in [0, 0.1) is 0 Å².